The number of para-hydroxylation sites is 1. The average Bonchev–Trinajstić information content (AvgIpc) is 3.54. The van der Waals surface area contributed by atoms with Gasteiger partial charge in [0.1, 0.15) is 18.1 Å². The smallest absolute Gasteiger partial charge is 0.326 e. The molecule has 2 aromatic heterocycles. The summed E-state index contributed by atoms with van der Waals surface area (Å²) in [5.41, 5.74) is 8.57. The molecule has 2 heterocycles. The normalized spacial score (nSPS) is 14.5. The van der Waals surface area contributed by atoms with Gasteiger partial charge in [-0.3, -0.25) is 14.4 Å². The van der Waals surface area contributed by atoms with Gasteiger partial charge >= 0.3 is 5.97 Å². The number of aromatic nitrogens is 3. The van der Waals surface area contributed by atoms with Crippen LogP contribution < -0.4 is 21.7 Å². The molecule has 8 N–H and O–H groups in total. The predicted molar refractivity (Wildman–Crippen MR) is 145 cm³/mol. The minimum absolute atomic E-state index is 0.00116. The van der Waals surface area contributed by atoms with E-state index in [0.29, 0.717) is 5.69 Å². The van der Waals surface area contributed by atoms with Crippen molar-refractivity contribution in [2.24, 2.45) is 17.6 Å². The first kappa shape index (κ1) is 29.4. The monoisotopic (exact) mass is 539 g/mol. The lowest BCUT2D eigenvalue weighted by Crippen LogP contribution is -2.59. The third-order valence-corrected chi connectivity index (χ3v) is 6.54. The number of nitrogens with zero attached hydrogens (tertiary/aromatic N) is 1. The highest BCUT2D eigenvalue weighted by Gasteiger charge is 2.33. The van der Waals surface area contributed by atoms with E-state index in [9.17, 15) is 24.3 Å². The van der Waals surface area contributed by atoms with Crippen LogP contribution in [0.4, 0.5) is 0 Å². The Morgan fingerprint density at radius 1 is 0.897 bits per heavy atom. The van der Waals surface area contributed by atoms with Crippen molar-refractivity contribution >= 4 is 34.6 Å². The van der Waals surface area contributed by atoms with E-state index in [4.69, 9.17) is 5.73 Å². The van der Waals surface area contributed by atoms with Gasteiger partial charge in [0.25, 0.3) is 0 Å². The molecule has 0 aliphatic heterocycles. The van der Waals surface area contributed by atoms with Crippen LogP contribution in [0.3, 0.4) is 0 Å². The van der Waals surface area contributed by atoms with E-state index in [1.807, 2.05) is 30.5 Å². The molecule has 0 spiro atoms. The Labute approximate surface area is 226 Å². The van der Waals surface area contributed by atoms with E-state index in [0.717, 1.165) is 16.5 Å². The maximum absolute atomic E-state index is 13.2. The summed E-state index contributed by atoms with van der Waals surface area (Å²) in [6, 6.07) is 3.58. The van der Waals surface area contributed by atoms with Crippen LogP contribution in [0.15, 0.2) is 43.0 Å². The number of aliphatic carboxylic acids is 1. The van der Waals surface area contributed by atoms with Crippen LogP contribution >= 0.6 is 0 Å². The van der Waals surface area contributed by atoms with Gasteiger partial charge in [-0.2, -0.15) is 0 Å². The van der Waals surface area contributed by atoms with Crippen molar-refractivity contribution in [2.45, 2.75) is 64.7 Å². The molecule has 0 fully saturated rings. The zero-order valence-corrected chi connectivity index (χ0v) is 22.5. The average molecular weight is 540 g/mol. The summed E-state index contributed by atoms with van der Waals surface area (Å²) in [6.07, 6.45) is 4.97. The topological polar surface area (TPSA) is 195 Å². The van der Waals surface area contributed by atoms with Crippen molar-refractivity contribution in [3.63, 3.8) is 0 Å². The number of hydrogen-bond acceptors (Lipinski definition) is 6. The maximum atomic E-state index is 13.2. The molecule has 210 valence electrons. The molecule has 0 aliphatic carbocycles. The Morgan fingerprint density at radius 2 is 1.51 bits per heavy atom. The van der Waals surface area contributed by atoms with Crippen LogP contribution in [0.2, 0.25) is 0 Å². The lowest BCUT2D eigenvalue weighted by Gasteiger charge is -2.28. The largest absolute Gasteiger partial charge is 0.480 e. The molecule has 4 unspecified atom stereocenters. The number of carbonyl (C=O) groups is 4. The molecule has 3 aromatic rings. The Kier molecular flexibility index (Phi) is 9.83. The van der Waals surface area contributed by atoms with Crippen molar-refractivity contribution in [1.82, 2.24) is 30.9 Å². The summed E-state index contributed by atoms with van der Waals surface area (Å²) < 4.78 is 0. The minimum Gasteiger partial charge on any atom is -0.480 e. The van der Waals surface area contributed by atoms with Crippen molar-refractivity contribution in [3.05, 3.63) is 54.2 Å². The number of imidazole rings is 1. The Morgan fingerprint density at radius 3 is 2.10 bits per heavy atom. The molecular weight excluding hydrogens is 502 g/mol. The fourth-order valence-electron chi connectivity index (χ4n) is 4.28. The van der Waals surface area contributed by atoms with Crippen molar-refractivity contribution < 1.29 is 24.3 Å². The molecular formula is C27H37N7O5. The molecule has 12 nitrogen and oxygen atoms in total. The van der Waals surface area contributed by atoms with Gasteiger partial charge in [0.05, 0.1) is 12.4 Å². The Balaban J connectivity index is 1.65. The van der Waals surface area contributed by atoms with Crippen LogP contribution in [0, 0.1) is 11.8 Å². The van der Waals surface area contributed by atoms with Crippen molar-refractivity contribution in [3.8, 4) is 0 Å². The van der Waals surface area contributed by atoms with Crippen molar-refractivity contribution in [1.29, 1.82) is 0 Å². The SMILES string of the molecule is CC(C)C(NC(=O)C(N)Cc1c[nH]c2ccccc12)C(=O)NC(C(=O)NC(Cc1cnc[nH]1)C(=O)O)C(C)C. The minimum atomic E-state index is -1.22. The van der Waals surface area contributed by atoms with E-state index >= 15 is 0 Å². The fraction of sp³-hybridized carbons (Fsp3) is 0.444. The van der Waals surface area contributed by atoms with Gasteiger partial charge in [-0.05, 0) is 29.9 Å². The number of aromatic amines is 2. The second-order valence-electron chi connectivity index (χ2n) is 10.3. The first-order valence-corrected chi connectivity index (χ1v) is 12.9. The van der Waals surface area contributed by atoms with Crippen LogP contribution in [-0.4, -0.2) is 67.9 Å². The highest BCUT2D eigenvalue weighted by molar-refractivity contribution is 5.94. The van der Waals surface area contributed by atoms with Crippen LogP contribution in [0.5, 0.6) is 0 Å². The molecule has 1 aromatic carbocycles. The fourth-order valence-corrected chi connectivity index (χ4v) is 4.28. The molecule has 3 rings (SSSR count). The summed E-state index contributed by atoms with van der Waals surface area (Å²) in [7, 11) is 0. The number of amides is 3. The summed E-state index contributed by atoms with van der Waals surface area (Å²) >= 11 is 0. The van der Waals surface area contributed by atoms with Gasteiger partial charge in [-0.1, -0.05) is 45.9 Å². The van der Waals surface area contributed by atoms with E-state index < -0.39 is 47.9 Å². The number of nitrogens with one attached hydrogen (secondary N) is 5. The second-order valence-corrected chi connectivity index (χ2v) is 10.3. The van der Waals surface area contributed by atoms with E-state index in [1.54, 1.807) is 27.7 Å². The lowest BCUT2D eigenvalue weighted by molar-refractivity contribution is -0.142. The molecule has 0 saturated heterocycles. The molecule has 0 radical (unpaired) electrons. The molecule has 3 amide bonds. The van der Waals surface area contributed by atoms with E-state index in [-0.39, 0.29) is 24.7 Å². The molecule has 0 saturated carbocycles. The molecule has 12 heteroatoms. The number of hydrogen-bond donors (Lipinski definition) is 7. The summed E-state index contributed by atoms with van der Waals surface area (Å²) in [6.45, 7) is 7.00. The predicted octanol–water partition coefficient (Wildman–Crippen LogP) is 0.855. The number of carboxylic acid groups (broad SMARTS) is 1. The third-order valence-electron chi connectivity index (χ3n) is 6.54. The Hall–Kier alpha value is -4.19. The van der Waals surface area contributed by atoms with Crippen LogP contribution in [0.25, 0.3) is 10.9 Å². The number of rotatable bonds is 13. The van der Waals surface area contributed by atoms with Gasteiger partial charge in [0.15, 0.2) is 0 Å². The van der Waals surface area contributed by atoms with Gasteiger partial charge in [-0.15, -0.1) is 0 Å². The Bertz CT molecular complexity index is 1280. The van der Waals surface area contributed by atoms with Crippen LogP contribution in [0.1, 0.15) is 39.0 Å². The first-order chi connectivity index (χ1) is 18.5. The zero-order valence-electron chi connectivity index (χ0n) is 22.5. The number of benzene rings is 1. The summed E-state index contributed by atoms with van der Waals surface area (Å²) in [4.78, 5) is 60.8. The third kappa shape index (κ3) is 7.66. The number of carboxylic acids is 1. The zero-order chi connectivity index (χ0) is 28.7. The molecule has 0 bridgehead atoms. The number of fused-ring (bicyclic) bond motifs is 1. The summed E-state index contributed by atoms with van der Waals surface area (Å²) in [5.74, 6) is -3.59. The standard InChI is InChI=1S/C27H37N7O5/c1-14(2)22(25(36)32-21(27(38)39)10-17-12-29-13-31-17)34-26(37)23(15(3)4)33-24(35)19(28)9-16-11-30-20-8-6-5-7-18(16)20/h5-8,11-15,19,21-23,30H,9-10,28H2,1-4H3,(H,29,31)(H,32,36)(H,33,35)(H,34,37)(H,38,39). The first-order valence-electron chi connectivity index (χ1n) is 12.9. The van der Waals surface area contributed by atoms with E-state index in [1.165, 1.54) is 12.5 Å². The maximum Gasteiger partial charge on any atom is 0.326 e. The summed E-state index contributed by atoms with van der Waals surface area (Å²) in [5, 5.41) is 18.5. The highest BCUT2D eigenvalue weighted by Crippen LogP contribution is 2.19. The number of H-pyrrole nitrogens is 2. The van der Waals surface area contributed by atoms with Gasteiger partial charge in [-0.25, -0.2) is 9.78 Å². The van der Waals surface area contributed by atoms with Gasteiger partial charge in [0.2, 0.25) is 17.7 Å². The number of carbonyl (C=O) groups excluding carboxylic acids is 3. The van der Waals surface area contributed by atoms with Gasteiger partial charge in [0, 0.05) is 35.4 Å². The number of nitrogens with two attached hydrogens (primary N) is 1. The van der Waals surface area contributed by atoms with E-state index in [2.05, 4.69) is 30.9 Å². The lowest BCUT2D eigenvalue weighted by atomic mass is 9.98. The quantitative estimate of drug-likeness (QED) is 0.167. The molecule has 0 aliphatic rings. The molecule has 39 heavy (non-hydrogen) atoms. The second kappa shape index (κ2) is 13.1. The van der Waals surface area contributed by atoms with Crippen LogP contribution in [-0.2, 0) is 32.0 Å². The molecule has 4 atom stereocenters. The van der Waals surface area contributed by atoms with Crippen molar-refractivity contribution in [2.75, 3.05) is 0 Å². The van der Waals surface area contributed by atoms with Gasteiger partial charge < -0.3 is 36.8 Å². The highest BCUT2D eigenvalue weighted by atomic mass is 16.4.